The lowest BCUT2D eigenvalue weighted by molar-refractivity contribution is -0.385. The van der Waals surface area contributed by atoms with E-state index in [2.05, 4.69) is 10.6 Å². The molecule has 3 aromatic rings. The van der Waals surface area contributed by atoms with Crippen LogP contribution in [0.25, 0.3) is 0 Å². The molecule has 10 nitrogen and oxygen atoms in total. The summed E-state index contributed by atoms with van der Waals surface area (Å²) in [5, 5.41) is 16.5. The van der Waals surface area contributed by atoms with Gasteiger partial charge in [-0.15, -0.1) is 0 Å². The van der Waals surface area contributed by atoms with Crippen molar-refractivity contribution in [1.29, 1.82) is 0 Å². The van der Waals surface area contributed by atoms with Gasteiger partial charge in [0.25, 0.3) is 17.5 Å². The Morgan fingerprint density at radius 1 is 1.09 bits per heavy atom. The first-order valence-corrected chi connectivity index (χ1v) is 10.6. The van der Waals surface area contributed by atoms with Crippen molar-refractivity contribution >= 4 is 29.2 Å². The zero-order valence-electron chi connectivity index (χ0n) is 19.0. The predicted molar refractivity (Wildman–Crippen MR) is 127 cm³/mol. The number of rotatable bonds is 7. The molecule has 1 heterocycles. The van der Waals surface area contributed by atoms with E-state index in [-0.39, 0.29) is 18.1 Å². The number of hydrogen-bond donors (Lipinski definition) is 2. The second kappa shape index (κ2) is 9.26. The fraction of sp³-hybridized carbons (Fsp3) is 0.160. The summed E-state index contributed by atoms with van der Waals surface area (Å²) >= 11 is 0. The summed E-state index contributed by atoms with van der Waals surface area (Å²) in [5.74, 6) is -0.159. The van der Waals surface area contributed by atoms with E-state index in [0.29, 0.717) is 28.1 Å². The molecule has 178 valence electrons. The Kier molecular flexibility index (Phi) is 6.20. The van der Waals surface area contributed by atoms with Crippen molar-refractivity contribution in [2.75, 3.05) is 12.4 Å². The van der Waals surface area contributed by atoms with Gasteiger partial charge >= 0.3 is 6.03 Å². The van der Waals surface area contributed by atoms with Gasteiger partial charge in [-0.3, -0.25) is 24.6 Å². The molecule has 1 aliphatic heterocycles. The highest BCUT2D eigenvalue weighted by Gasteiger charge is 2.49. The number of methoxy groups -OCH3 is 1. The first-order chi connectivity index (χ1) is 16.7. The minimum Gasteiger partial charge on any atom is -0.497 e. The van der Waals surface area contributed by atoms with Gasteiger partial charge in [0.1, 0.15) is 11.3 Å². The number of non-ortho nitro benzene ring substituents is 1. The fourth-order valence-electron chi connectivity index (χ4n) is 3.79. The van der Waals surface area contributed by atoms with Crippen LogP contribution in [0.2, 0.25) is 0 Å². The van der Waals surface area contributed by atoms with Crippen molar-refractivity contribution in [1.82, 2.24) is 10.2 Å². The molecule has 3 aromatic carbocycles. The summed E-state index contributed by atoms with van der Waals surface area (Å²) in [6, 6.07) is 18.5. The monoisotopic (exact) mass is 474 g/mol. The van der Waals surface area contributed by atoms with Gasteiger partial charge < -0.3 is 15.4 Å². The Bertz CT molecular complexity index is 1310. The molecule has 2 N–H and O–H groups in total. The lowest BCUT2D eigenvalue weighted by atomic mass is 9.91. The summed E-state index contributed by atoms with van der Waals surface area (Å²) in [6.07, 6.45) is 0. The van der Waals surface area contributed by atoms with Crippen LogP contribution in [-0.2, 0) is 16.9 Å². The molecule has 4 amide bonds. The number of nitrogens with one attached hydrogen (secondary N) is 2. The normalized spacial score (nSPS) is 17.1. The van der Waals surface area contributed by atoms with Crippen LogP contribution in [-0.4, -0.2) is 34.8 Å². The molecule has 1 unspecified atom stereocenters. The maximum Gasteiger partial charge on any atom is 0.325 e. The van der Waals surface area contributed by atoms with E-state index in [0.717, 1.165) is 4.90 Å². The molecule has 0 aromatic heterocycles. The number of anilines is 1. The van der Waals surface area contributed by atoms with Gasteiger partial charge in [-0.1, -0.05) is 24.3 Å². The summed E-state index contributed by atoms with van der Waals surface area (Å²) in [6.45, 7) is 1.49. The third-order valence-corrected chi connectivity index (χ3v) is 5.81. The maximum atomic E-state index is 13.1. The number of urea groups is 1. The largest absolute Gasteiger partial charge is 0.497 e. The highest BCUT2D eigenvalue weighted by atomic mass is 16.6. The Balaban J connectivity index is 1.46. The number of imide groups is 1. The Labute approximate surface area is 200 Å². The Morgan fingerprint density at radius 2 is 1.77 bits per heavy atom. The number of benzene rings is 3. The SMILES string of the molecule is COc1ccc(NC(=O)c2ccc(CN3C(=O)NC(C)(c4cccc([N+](=O)[O-])c4)C3=O)cc2)cc1. The Hall–Kier alpha value is -4.73. The minimum atomic E-state index is -1.43. The smallest absolute Gasteiger partial charge is 0.325 e. The lowest BCUT2D eigenvalue weighted by Crippen LogP contribution is -2.40. The molecule has 0 bridgehead atoms. The molecule has 1 saturated heterocycles. The first-order valence-electron chi connectivity index (χ1n) is 10.6. The molecule has 35 heavy (non-hydrogen) atoms. The van der Waals surface area contributed by atoms with Crippen LogP contribution in [0.15, 0.2) is 72.8 Å². The zero-order chi connectivity index (χ0) is 25.2. The molecular weight excluding hydrogens is 452 g/mol. The van der Waals surface area contributed by atoms with Gasteiger partial charge in [-0.2, -0.15) is 0 Å². The second-order valence-corrected chi connectivity index (χ2v) is 8.13. The highest BCUT2D eigenvalue weighted by molar-refractivity contribution is 6.07. The van der Waals surface area contributed by atoms with E-state index in [1.165, 1.54) is 25.1 Å². The summed E-state index contributed by atoms with van der Waals surface area (Å²) < 4.78 is 5.10. The van der Waals surface area contributed by atoms with E-state index >= 15 is 0 Å². The van der Waals surface area contributed by atoms with E-state index in [9.17, 15) is 24.5 Å². The molecule has 0 saturated carbocycles. The van der Waals surface area contributed by atoms with Crippen molar-refractivity contribution in [2.24, 2.45) is 0 Å². The quantitative estimate of drug-likeness (QED) is 0.304. The van der Waals surface area contributed by atoms with Crippen LogP contribution < -0.4 is 15.4 Å². The number of ether oxygens (including phenoxy) is 1. The third-order valence-electron chi connectivity index (χ3n) is 5.81. The highest BCUT2D eigenvalue weighted by Crippen LogP contribution is 2.31. The molecule has 1 aliphatic rings. The second-order valence-electron chi connectivity index (χ2n) is 8.13. The van der Waals surface area contributed by atoms with E-state index in [4.69, 9.17) is 4.74 Å². The van der Waals surface area contributed by atoms with E-state index < -0.39 is 22.4 Å². The predicted octanol–water partition coefficient (Wildman–Crippen LogP) is 3.82. The van der Waals surface area contributed by atoms with Crippen LogP contribution >= 0.6 is 0 Å². The average molecular weight is 474 g/mol. The molecule has 10 heteroatoms. The minimum absolute atomic E-state index is 0.0183. The molecule has 1 atom stereocenters. The average Bonchev–Trinajstić information content (AvgIpc) is 3.08. The summed E-state index contributed by atoms with van der Waals surface area (Å²) in [4.78, 5) is 49.9. The maximum absolute atomic E-state index is 13.1. The van der Waals surface area contributed by atoms with Gasteiger partial charge in [0, 0.05) is 23.4 Å². The molecule has 0 aliphatic carbocycles. The number of nitro benzene ring substituents is 1. The van der Waals surface area contributed by atoms with Crippen LogP contribution in [0.4, 0.5) is 16.2 Å². The lowest BCUT2D eigenvalue weighted by Gasteiger charge is -2.22. The Morgan fingerprint density at radius 3 is 2.40 bits per heavy atom. The van der Waals surface area contributed by atoms with Crippen molar-refractivity contribution in [3.63, 3.8) is 0 Å². The number of nitrogens with zero attached hydrogens (tertiary/aromatic N) is 2. The number of carbonyl (C=O) groups is 3. The van der Waals surface area contributed by atoms with Gasteiger partial charge in [-0.05, 0) is 54.4 Å². The van der Waals surface area contributed by atoms with Crippen LogP contribution in [0.1, 0.15) is 28.4 Å². The summed E-state index contributed by atoms with van der Waals surface area (Å²) in [5.41, 5.74) is 0.368. The van der Waals surface area contributed by atoms with Crippen molar-refractivity contribution in [3.8, 4) is 5.75 Å². The van der Waals surface area contributed by atoms with E-state index in [1.807, 2.05) is 0 Å². The van der Waals surface area contributed by atoms with Crippen molar-refractivity contribution in [3.05, 3.63) is 99.6 Å². The molecule has 0 radical (unpaired) electrons. The van der Waals surface area contributed by atoms with Crippen LogP contribution in [0, 0.1) is 10.1 Å². The van der Waals surface area contributed by atoms with Gasteiger partial charge in [0.15, 0.2) is 0 Å². The number of amides is 4. The molecular formula is C25H22N4O6. The topological polar surface area (TPSA) is 131 Å². The summed E-state index contributed by atoms with van der Waals surface area (Å²) in [7, 11) is 1.56. The number of carbonyl (C=O) groups excluding carboxylic acids is 3. The van der Waals surface area contributed by atoms with Crippen molar-refractivity contribution in [2.45, 2.75) is 19.0 Å². The van der Waals surface area contributed by atoms with Gasteiger partial charge in [-0.25, -0.2) is 4.79 Å². The molecule has 4 rings (SSSR count). The van der Waals surface area contributed by atoms with Crippen molar-refractivity contribution < 1.29 is 24.0 Å². The third kappa shape index (κ3) is 4.67. The standard InChI is InChI=1S/C25H22N4O6/c1-25(18-4-3-5-20(14-18)29(33)34)23(31)28(24(32)27-25)15-16-6-8-17(9-7-16)22(30)26-19-10-12-21(35-2)13-11-19/h3-14H,15H2,1-2H3,(H,26,30)(H,27,32). The zero-order valence-corrected chi connectivity index (χ0v) is 19.0. The first kappa shape index (κ1) is 23.4. The molecule has 1 fully saturated rings. The van der Waals surface area contributed by atoms with Crippen LogP contribution in [0.5, 0.6) is 5.75 Å². The molecule has 0 spiro atoms. The van der Waals surface area contributed by atoms with Gasteiger partial charge in [0.2, 0.25) is 0 Å². The fourth-order valence-corrected chi connectivity index (χ4v) is 3.79. The number of hydrogen-bond acceptors (Lipinski definition) is 6. The van der Waals surface area contributed by atoms with Crippen LogP contribution in [0.3, 0.4) is 0 Å². The van der Waals surface area contributed by atoms with Gasteiger partial charge in [0.05, 0.1) is 18.6 Å². The van der Waals surface area contributed by atoms with E-state index in [1.54, 1.807) is 61.7 Å². The number of nitro groups is 1.